The van der Waals surface area contributed by atoms with Gasteiger partial charge in [0.2, 0.25) is 0 Å². The van der Waals surface area contributed by atoms with Crippen LogP contribution in [0.3, 0.4) is 0 Å². The molecule has 6 heteroatoms. The van der Waals surface area contributed by atoms with Crippen LogP contribution in [-0.4, -0.2) is 28.4 Å². The van der Waals surface area contributed by atoms with E-state index in [2.05, 4.69) is 16.3 Å². The molecule has 2 rings (SSSR count). The van der Waals surface area contributed by atoms with Gasteiger partial charge in [0.05, 0.1) is 7.11 Å². The molecule has 1 aromatic carbocycles. The predicted octanol–water partition coefficient (Wildman–Crippen LogP) is 1.92. The van der Waals surface area contributed by atoms with E-state index in [4.69, 9.17) is 10.5 Å². The first-order valence-electron chi connectivity index (χ1n) is 6.02. The van der Waals surface area contributed by atoms with Crippen molar-refractivity contribution in [3.63, 3.8) is 0 Å². The van der Waals surface area contributed by atoms with Gasteiger partial charge in [-0.1, -0.05) is 23.9 Å². The molecule has 19 heavy (non-hydrogen) atoms. The molecule has 0 aliphatic carbocycles. The molecule has 1 aromatic heterocycles. The number of methoxy groups -OCH3 is 1. The summed E-state index contributed by atoms with van der Waals surface area (Å²) >= 11 is 1.62. The number of thioether (sulfide) groups is 1. The number of benzene rings is 1. The number of ether oxygens (including phenoxy) is 1. The molecule has 0 saturated heterocycles. The molecule has 102 valence electrons. The Morgan fingerprint density at radius 3 is 2.79 bits per heavy atom. The number of nitrogens with two attached hydrogens (primary N) is 1. The highest BCUT2D eigenvalue weighted by molar-refractivity contribution is 7.99. The average Bonchev–Trinajstić information content (AvgIpc) is 2.76. The van der Waals surface area contributed by atoms with Crippen LogP contribution in [0.25, 0.3) is 0 Å². The van der Waals surface area contributed by atoms with Crippen molar-refractivity contribution in [2.75, 3.05) is 13.7 Å². The molecule has 0 aliphatic rings. The third-order valence-corrected chi connectivity index (χ3v) is 4.30. The molecule has 0 fully saturated rings. The zero-order chi connectivity index (χ0) is 13.8. The van der Waals surface area contributed by atoms with Gasteiger partial charge in [-0.3, -0.25) is 0 Å². The summed E-state index contributed by atoms with van der Waals surface area (Å²) in [6.45, 7) is 2.46. The van der Waals surface area contributed by atoms with Crippen LogP contribution in [0.1, 0.15) is 16.6 Å². The molecule has 1 heterocycles. The molecule has 2 N–H and O–H groups in total. The fourth-order valence-electron chi connectivity index (χ4n) is 1.71. The van der Waals surface area contributed by atoms with Gasteiger partial charge in [-0.05, 0) is 24.6 Å². The van der Waals surface area contributed by atoms with Crippen molar-refractivity contribution in [1.82, 2.24) is 14.8 Å². The average molecular weight is 278 g/mol. The maximum atomic E-state index is 5.88. The highest BCUT2D eigenvalue weighted by Gasteiger charge is 2.16. The van der Waals surface area contributed by atoms with Crippen LogP contribution in [0.2, 0.25) is 0 Å². The number of aryl methyl sites for hydroxylation is 1. The van der Waals surface area contributed by atoms with Crippen molar-refractivity contribution in [3.8, 4) is 5.75 Å². The fraction of sp³-hybridized carbons (Fsp3) is 0.385. The summed E-state index contributed by atoms with van der Waals surface area (Å²) in [5.74, 6) is 1.73. The van der Waals surface area contributed by atoms with Gasteiger partial charge in [-0.25, -0.2) is 0 Å². The smallest absolute Gasteiger partial charge is 0.191 e. The SMILES string of the molecule is COc1cccc(C(CN)Sc2nnc(C)n2C)c1. The van der Waals surface area contributed by atoms with E-state index in [1.165, 1.54) is 0 Å². The third kappa shape index (κ3) is 3.08. The molecule has 0 spiro atoms. The molecule has 1 unspecified atom stereocenters. The summed E-state index contributed by atoms with van der Waals surface area (Å²) in [6.07, 6.45) is 0. The standard InChI is InChI=1S/C13H18N4OS/c1-9-15-16-13(17(9)2)19-12(8-14)10-5-4-6-11(7-10)18-3/h4-7,12H,8,14H2,1-3H3. The Morgan fingerprint density at radius 1 is 1.42 bits per heavy atom. The normalized spacial score (nSPS) is 12.4. The van der Waals surface area contributed by atoms with Crippen LogP contribution in [0.5, 0.6) is 5.75 Å². The highest BCUT2D eigenvalue weighted by atomic mass is 32.2. The molecule has 0 bridgehead atoms. The van der Waals surface area contributed by atoms with Gasteiger partial charge in [0, 0.05) is 18.8 Å². The molecule has 1 atom stereocenters. The second kappa shape index (κ2) is 6.08. The molecular formula is C13H18N4OS. The second-order valence-electron chi connectivity index (χ2n) is 4.21. The molecule has 5 nitrogen and oxygen atoms in total. The summed E-state index contributed by atoms with van der Waals surface area (Å²) in [5, 5.41) is 9.23. The van der Waals surface area contributed by atoms with E-state index < -0.39 is 0 Å². The maximum Gasteiger partial charge on any atom is 0.191 e. The summed E-state index contributed by atoms with van der Waals surface area (Å²) in [7, 11) is 3.62. The third-order valence-electron chi connectivity index (χ3n) is 2.98. The van der Waals surface area contributed by atoms with Crippen LogP contribution in [0.15, 0.2) is 29.4 Å². The molecule has 0 amide bonds. The van der Waals surface area contributed by atoms with Gasteiger partial charge in [0.15, 0.2) is 5.16 Å². The van der Waals surface area contributed by atoms with Crippen molar-refractivity contribution < 1.29 is 4.74 Å². The Kier molecular flexibility index (Phi) is 4.44. The Labute approximate surface area is 117 Å². The lowest BCUT2D eigenvalue weighted by atomic mass is 10.1. The van der Waals surface area contributed by atoms with Crippen molar-refractivity contribution in [3.05, 3.63) is 35.7 Å². The lowest BCUT2D eigenvalue weighted by molar-refractivity contribution is 0.414. The van der Waals surface area contributed by atoms with Crippen LogP contribution < -0.4 is 10.5 Å². The van der Waals surface area contributed by atoms with Crippen LogP contribution >= 0.6 is 11.8 Å². The minimum atomic E-state index is 0.136. The molecule has 0 saturated carbocycles. The lowest BCUT2D eigenvalue weighted by Crippen LogP contribution is -2.10. The highest BCUT2D eigenvalue weighted by Crippen LogP contribution is 2.34. The van der Waals surface area contributed by atoms with Crippen molar-refractivity contribution in [1.29, 1.82) is 0 Å². The summed E-state index contributed by atoms with van der Waals surface area (Å²) in [6, 6.07) is 7.96. The van der Waals surface area contributed by atoms with E-state index in [1.54, 1.807) is 18.9 Å². The minimum absolute atomic E-state index is 0.136. The maximum absolute atomic E-state index is 5.88. The van der Waals surface area contributed by atoms with Crippen molar-refractivity contribution in [2.45, 2.75) is 17.3 Å². The summed E-state index contributed by atoms with van der Waals surface area (Å²) in [5.41, 5.74) is 7.01. The van der Waals surface area contributed by atoms with E-state index in [-0.39, 0.29) is 5.25 Å². The quantitative estimate of drug-likeness (QED) is 0.846. The number of nitrogens with zero attached hydrogens (tertiary/aromatic N) is 3. The van der Waals surface area contributed by atoms with Crippen molar-refractivity contribution >= 4 is 11.8 Å². The fourth-order valence-corrected chi connectivity index (χ4v) is 2.72. The zero-order valence-corrected chi connectivity index (χ0v) is 12.1. The van der Waals surface area contributed by atoms with E-state index in [0.717, 1.165) is 22.3 Å². The monoisotopic (exact) mass is 278 g/mol. The first-order valence-corrected chi connectivity index (χ1v) is 6.90. The number of rotatable bonds is 5. The van der Waals surface area contributed by atoms with E-state index >= 15 is 0 Å². The van der Waals surface area contributed by atoms with Gasteiger partial charge < -0.3 is 15.0 Å². The van der Waals surface area contributed by atoms with Crippen molar-refractivity contribution in [2.24, 2.45) is 12.8 Å². The Hall–Kier alpha value is -1.53. The Morgan fingerprint density at radius 2 is 2.21 bits per heavy atom. The van der Waals surface area contributed by atoms with Crippen LogP contribution in [-0.2, 0) is 7.05 Å². The number of hydrogen-bond donors (Lipinski definition) is 1. The van der Waals surface area contributed by atoms with E-state index in [1.807, 2.05) is 36.7 Å². The predicted molar refractivity (Wildman–Crippen MR) is 76.4 cm³/mol. The lowest BCUT2D eigenvalue weighted by Gasteiger charge is -2.15. The largest absolute Gasteiger partial charge is 0.497 e. The van der Waals surface area contributed by atoms with Gasteiger partial charge in [0.25, 0.3) is 0 Å². The van der Waals surface area contributed by atoms with Crippen LogP contribution in [0.4, 0.5) is 0 Å². The van der Waals surface area contributed by atoms with Gasteiger partial charge >= 0.3 is 0 Å². The first-order chi connectivity index (χ1) is 9.15. The second-order valence-corrected chi connectivity index (χ2v) is 5.38. The Bertz CT molecular complexity index is 555. The van der Waals surface area contributed by atoms with Gasteiger partial charge in [-0.2, -0.15) is 0 Å². The summed E-state index contributed by atoms with van der Waals surface area (Å²) < 4.78 is 7.21. The van der Waals surface area contributed by atoms with Gasteiger partial charge in [0.1, 0.15) is 11.6 Å². The molecule has 2 aromatic rings. The molecule has 0 radical (unpaired) electrons. The van der Waals surface area contributed by atoms with Gasteiger partial charge in [-0.15, -0.1) is 10.2 Å². The molecule has 0 aliphatic heterocycles. The minimum Gasteiger partial charge on any atom is -0.497 e. The molecular weight excluding hydrogens is 260 g/mol. The zero-order valence-electron chi connectivity index (χ0n) is 11.3. The topological polar surface area (TPSA) is 66.0 Å². The van der Waals surface area contributed by atoms with E-state index in [9.17, 15) is 0 Å². The van der Waals surface area contributed by atoms with Crippen LogP contribution in [0, 0.1) is 6.92 Å². The number of aromatic nitrogens is 3. The Balaban J connectivity index is 2.22. The summed E-state index contributed by atoms with van der Waals surface area (Å²) in [4.78, 5) is 0. The number of hydrogen-bond acceptors (Lipinski definition) is 5. The van der Waals surface area contributed by atoms with E-state index in [0.29, 0.717) is 6.54 Å². The first kappa shape index (κ1) is 13.9.